The van der Waals surface area contributed by atoms with Crippen molar-refractivity contribution < 1.29 is 4.42 Å². The lowest BCUT2D eigenvalue weighted by Crippen LogP contribution is -2.46. The molecule has 0 aromatic carbocycles. The molecule has 2 N–H and O–H groups in total. The first-order valence-corrected chi connectivity index (χ1v) is 6.89. The highest BCUT2D eigenvalue weighted by atomic mass is 16.3. The highest BCUT2D eigenvalue weighted by molar-refractivity contribution is 5.06. The van der Waals surface area contributed by atoms with Crippen molar-refractivity contribution in [2.75, 3.05) is 32.7 Å². The zero-order chi connectivity index (χ0) is 13.0. The largest absolute Gasteiger partial charge is 0.463 e. The smallest absolute Gasteiger partial charge is 0.118 e. The van der Waals surface area contributed by atoms with Crippen LogP contribution in [0, 0.1) is 5.92 Å². The second kappa shape index (κ2) is 6.36. The average Bonchev–Trinajstić information content (AvgIpc) is 2.79. The van der Waals surface area contributed by atoms with Gasteiger partial charge in [0.15, 0.2) is 0 Å². The van der Waals surface area contributed by atoms with Crippen LogP contribution < -0.4 is 5.73 Å². The van der Waals surface area contributed by atoms with Gasteiger partial charge >= 0.3 is 0 Å². The quantitative estimate of drug-likeness (QED) is 0.861. The Hall–Kier alpha value is -0.840. The number of nitrogens with zero attached hydrogens (tertiary/aromatic N) is 2. The van der Waals surface area contributed by atoms with E-state index < -0.39 is 0 Å². The molecule has 0 atom stereocenters. The highest BCUT2D eigenvalue weighted by Crippen LogP contribution is 2.12. The van der Waals surface area contributed by atoms with Gasteiger partial charge in [-0.3, -0.25) is 4.90 Å². The van der Waals surface area contributed by atoms with E-state index in [0.717, 1.165) is 37.1 Å². The van der Waals surface area contributed by atoms with Crippen molar-refractivity contribution in [1.82, 2.24) is 9.80 Å². The fourth-order valence-electron chi connectivity index (χ4n) is 2.48. The zero-order valence-electron chi connectivity index (χ0n) is 11.6. The summed E-state index contributed by atoms with van der Waals surface area (Å²) in [6.07, 6.45) is 0. The van der Waals surface area contributed by atoms with E-state index in [1.807, 2.05) is 12.1 Å². The van der Waals surface area contributed by atoms with Gasteiger partial charge in [-0.1, -0.05) is 13.8 Å². The molecule has 2 heterocycles. The molecule has 1 fully saturated rings. The van der Waals surface area contributed by atoms with Crippen molar-refractivity contribution in [3.8, 4) is 0 Å². The van der Waals surface area contributed by atoms with Crippen molar-refractivity contribution in [3.05, 3.63) is 23.7 Å². The predicted molar refractivity (Wildman–Crippen MR) is 73.2 cm³/mol. The first-order valence-electron chi connectivity index (χ1n) is 6.89. The monoisotopic (exact) mass is 251 g/mol. The Morgan fingerprint density at radius 2 is 1.72 bits per heavy atom. The maximum Gasteiger partial charge on any atom is 0.118 e. The molecule has 0 radical (unpaired) electrons. The summed E-state index contributed by atoms with van der Waals surface area (Å²) in [6.45, 7) is 11.8. The minimum Gasteiger partial charge on any atom is -0.463 e. The average molecular weight is 251 g/mol. The molecule has 1 aromatic rings. The van der Waals surface area contributed by atoms with Gasteiger partial charge in [0.2, 0.25) is 0 Å². The third-order valence-electron chi connectivity index (χ3n) is 3.39. The highest BCUT2D eigenvalue weighted by Gasteiger charge is 2.18. The first-order chi connectivity index (χ1) is 8.67. The lowest BCUT2D eigenvalue weighted by molar-refractivity contribution is 0.111. The van der Waals surface area contributed by atoms with Crippen molar-refractivity contribution >= 4 is 0 Å². The van der Waals surface area contributed by atoms with Crippen LogP contribution in [0.25, 0.3) is 0 Å². The molecule has 4 nitrogen and oxygen atoms in total. The van der Waals surface area contributed by atoms with Gasteiger partial charge in [-0.15, -0.1) is 0 Å². The number of hydrogen-bond acceptors (Lipinski definition) is 4. The van der Waals surface area contributed by atoms with E-state index in [4.69, 9.17) is 10.2 Å². The van der Waals surface area contributed by atoms with Crippen LogP contribution in [0.3, 0.4) is 0 Å². The van der Waals surface area contributed by atoms with Crippen LogP contribution in [-0.4, -0.2) is 42.5 Å². The van der Waals surface area contributed by atoms with Gasteiger partial charge in [0.25, 0.3) is 0 Å². The van der Waals surface area contributed by atoms with Crippen molar-refractivity contribution in [2.45, 2.75) is 26.9 Å². The summed E-state index contributed by atoms with van der Waals surface area (Å²) in [5.41, 5.74) is 5.55. The van der Waals surface area contributed by atoms with Crippen molar-refractivity contribution in [3.63, 3.8) is 0 Å². The Bertz CT molecular complexity index is 354. The molecule has 18 heavy (non-hydrogen) atoms. The molecule has 1 aromatic heterocycles. The second-order valence-electron chi connectivity index (χ2n) is 5.54. The van der Waals surface area contributed by atoms with Gasteiger partial charge in [-0.05, 0) is 18.1 Å². The molecule has 1 aliphatic rings. The van der Waals surface area contributed by atoms with Crippen LogP contribution in [0.1, 0.15) is 25.4 Å². The normalized spacial score (nSPS) is 18.7. The van der Waals surface area contributed by atoms with Crippen LogP contribution in [0.4, 0.5) is 0 Å². The minimum absolute atomic E-state index is 0.488. The topological polar surface area (TPSA) is 45.6 Å². The van der Waals surface area contributed by atoms with E-state index in [-0.39, 0.29) is 0 Å². The summed E-state index contributed by atoms with van der Waals surface area (Å²) < 4.78 is 5.65. The van der Waals surface area contributed by atoms with Crippen LogP contribution in [0.2, 0.25) is 0 Å². The third-order valence-corrected chi connectivity index (χ3v) is 3.39. The molecule has 0 unspecified atom stereocenters. The van der Waals surface area contributed by atoms with Crippen LogP contribution in [0.5, 0.6) is 0 Å². The van der Waals surface area contributed by atoms with Crippen LogP contribution in [0.15, 0.2) is 16.5 Å². The summed E-state index contributed by atoms with van der Waals surface area (Å²) in [7, 11) is 0. The van der Waals surface area contributed by atoms with Gasteiger partial charge in [0.05, 0.1) is 13.1 Å². The predicted octanol–water partition coefficient (Wildman–Crippen LogP) is 1.51. The molecule has 0 amide bonds. The van der Waals surface area contributed by atoms with E-state index in [2.05, 4.69) is 23.6 Å². The number of nitrogens with two attached hydrogens (primary N) is 1. The molecular weight excluding hydrogens is 226 g/mol. The molecule has 0 aliphatic carbocycles. The minimum atomic E-state index is 0.488. The fraction of sp³-hybridized carbons (Fsp3) is 0.714. The van der Waals surface area contributed by atoms with E-state index in [0.29, 0.717) is 6.54 Å². The second-order valence-corrected chi connectivity index (χ2v) is 5.54. The Kier molecular flexibility index (Phi) is 4.80. The van der Waals surface area contributed by atoms with Crippen LogP contribution >= 0.6 is 0 Å². The Labute approximate surface area is 110 Å². The molecule has 0 spiro atoms. The number of piperazine rings is 1. The molecule has 2 rings (SSSR count). The molecule has 4 heteroatoms. The molecule has 0 bridgehead atoms. The Morgan fingerprint density at radius 1 is 1.11 bits per heavy atom. The first kappa shape index (κ1) is 13.6. The fourth-order valence-corrected chi connectivity index (χ4v) is 2.48. The number of rotatable bonds is 5. The van der Waals surface area contributed by atoms with Crippen molar-refractivity contribution in [2.24, 2.45) is 11.7 Å². The van der Waals surface area contributed by atoms with E-state index in [1.165, 1.54) is 19.6 Å². The summed E-state index contributed by atoms with van der Waals surface area (Å²) in [5.74, 6) is 2.67. The van der Waals surface area contributed by atoms with Gasteiger partial charge < -0.3 is 15.1 Å². The van der Waals surface area contributed by atoms with Gasteiger partial charge in [-0.25, -0.2) is 0 Å². The third kappa shape index (κ3) is 3.83. The molecule has 0 saturated carbocycles. The van der Waals surface area contributed by atoms with Gasteiger partial charge in [0.1, 0.15) is 11.5 Å². The van der Waals surface area contributed by atoms with Crippen LogP contribution in [-0.2, 0) is 13.1 Å². The van der Waals surface area contributed by atoms with E-state index >= 15 is 0 Å². The SMILES string of the molecule is CC(C)CN1CCN(Cc2ccc(CN)o2)CC1. The summed E-state index contributed by atoms with van der Waals surface area (Å²) in [5, 5.41) is 0. The van der Waals surface area contributed by atoms with E-state index in [1.54, 1.807) is 0 Å². The van der Waals surface area contributed by atoms with Gasteiger partial charge in [-0.2, -0.15) is 0 Å². The molecule has 102 valence electrons. The Balaban J connectivity index is 1.76. The van der Waals surface area contributed by atoms with Crippen molar-refractivity contribution in [1.29, 1.82) is 0 Å². The molecule has 1 saturated heterocycles. The van der Waals surface area contributed by atoms with E-state index in [9.17, 15) is 0 Å². The number of furan rings is 1. The number of hydrogen-bond donors (Lipinski definition) is 1. The summed E-state index contributed by atoms with van der Waals surface area (Å²) in [6, 6.07) is 4.02. The molecular formula is C14H25N3O. The molecule has 1 aliphatic heterocycles. The summed E-state index contributed by atoms with van der Waals surface area (Å²) >= 11 is 0. The zero-order valence-corrected chi connectivity index (χ0v) is 11.6. The standard InChI is InChI=1S/C14H25N3O/c1-12(2)10-16-5-7-17(8-6-16)11-14-4-3-13(9-15)18-14/h3-4,12H,5-11,15H2,1-2H3. The summed E-state index contributed by atoms with van der Waals surface area (Å²) in [4.78, 5) is 5.00. The van der Waals surface area contributed by atoms with Gasteiger partial charge in [0, 0.05) is 32.7 Å². The maximum absolute atomic E-state index is 5.65. The maximum atomic E-state index is 5.65. The lowest BCUT2D eigenvalue weighted by Gasteiger charge is -2.35. The lowest BCUT2D eigenvalue weighted by atomic mass is 10.2. The Morgan fingerprint density at radius 3 is 2.28 bits per heavy atom.